The fourth-order valence-electron chi connectivity index (χ4n) is 1.92. The second-order valence-corrected chi connectivity index (χ2v) is 7.71. The predicted octanol–water partition coefficient (Wildman–Crippen LogP) is 2.25. The first-order valence-electron chi connectivity index (χ1n) is 5.76. The molecule has 2 rings (SSSR count). The molecule has 19 heavy (non-hydrogen) atoms. The zero-order chi connectivity index (χ0) is 14.0. The Balaban J connectivity index is 2.19. The van der Waals surface area contributed by atoms with Crippen molar-refractivity contribution in [3.63, 3.8) is 0 Å². The lowest BCUT2D eigenvalue weighted by Crippen LogP contribution is -2.32. The van der Waals surface area contributed by atoms with Crippen molar-refractivity contribution in [3.05, 3.63) is 21.1 Å². The molecule has 3 N–H and O–H groups in total. The van der Waals surface area contributed by atoms with E-state index in [2.05, 4.69) is 36.6 Å². The highest BCUT2D eigenvalue weighted by Crippen LogP contribution is 2.32. The molecule has 8 heteroatoms. The van der Waals surface area contributed by atoms with Crippen molar-refractivity contribution in [2.75, 3.05) is 18.9 Å². The van der Waals surface area contributed by atoms with Gasteiger partial charge in [-0.1, -0.05) is 0 Å². The molecule has 5 nitrogen and oxygen atoms in total. The minimum atomic E-state index is -3.61. The summed E-state index contributed by atoms with van der Waals surface area (Å²) in [4.78, 5) is 0.152. The number of hydrogen-bond acceptors (Lipinski definition) is 4. The van der Waals surface area contributed by atoms with E-state index in [0.717, 1.165) is 12.8 Å². The van der Waals surface area contributed by atoms with Crippen LogP contribution in [-0.2, 0) is 14.8 Å². The van der Waals surface area contributed by atoms with Crippen LogP contribution in [0.25, 0.3) is 0 Å². The molecule has 1 fully saturated rings. The molecule has 1 unspecified atom stereocenters. The van der Waals surface area contributed by atoms with Crippen LogP contribution in [-0.4, -0.2) is 27.7 Å². The van der Waals surface area contributed by atoms with Crippen LogP contribution in [0, 0.1) is 0 Å². The Morgan fingerprint density at radius 3 is 2.53 bits per heavy atom. The summed E-state index contributed by atoms with van der Waals surface area (Å²) in [6, 6.07) is 3.12. The molecule has 106 valence electrons. The fraction of sp³-hybridized carbons (Fsp3) is 0.455. The number of sulfonamides is 1. The molecule has 0 bridgehead atoms. The maximum Gasteiger partial charge on any atom is 0.242 e. The Morgan fingerprint density at radius 1 is 1.37 bits per heavy atom. The quantitative estimate of drug-likeness (QED) is 0.741. The summed E-state index contributed by atoms with van der Waals surface area (Å²) in [5.74, 6) is 0. The van der Waals surface area contributed by atoms with Gasteiger partial charge in [0, 0.05) is 27.8 Å². The zero-order valence-corrected chi connectivity index (χ0v) is 14.0. The van der Waals surface area contributed by atoms with Gasteiger partial charge >= 0.3 is 0 Å². The Hall–Kier alpha value is -0.150. The average Bonchev–Trinajstić information content (AvgIpc) is 2.77. The first kappa shape index (κ1) is 15.2. The normalized spacial score (nSPS) is 19.8. The average molecular weight is 414 g/mol. The van der Waals surface area contributed by atoms with Crippen molar-refractivity contribution in [2.45, 2.75) is 23.8 Å². The third-order valence-corrected chi connectivity index (χ3v) is 6.11. The number of nitrogen functional groups attached to an aromatic ring is 1. The van der Waals surface area contributed by atoms with E-state index < -0.39 is 10.0 Å². The summed E-state index contributed by atoms with van der Waals surface area (Å²) >= 11 is 6.45. The topological polar surface area (TPSA) is 81.4 Å². The number of rotatable bonds is 4. The first-order chi connectivity index (χ1) is 8.90. The van der Waals surface area contributed by atoms with Crippen molar-refractivity contribution >= 4 is 47.6 Å². The van der Waals surface area contributed by atoms with Gasteiger partial charge in [-0.25, -0.2) is 13.1 Å². The number of benzene rings is 1. The van der Waals surface area contributed by atoms with Crippen molar-refractivity contribution in [1.29, 1.82) is 0 Å². The molecule has 1 aliphatic heterocycles. The molecule has 0 aliphatic carbocycles. The lowest BCUT2D eigenvalue weighted by atomic mass is 10.2. The van der Waals surface area contributed by atoms with Gasteiger partial charge in [0.15, 0.2) is 0 Å². The number of nitrogens with two attached hydrogens (primary N) is 1. The largest absolute Gasteiger partial charge is 0.399 e. The molecule has 1 atom stereocenters. The summed E-state index contributed by atoms with van der Waals surface area (Å²) in [6.45, 7) is 0.979. The van der Waals surface area contributed by atoms with E-state index in [-0.39, 0.29) is 17.5 Å². The van der Waals surface area contributed by atoms with Gasteiger partial charge in [-0.3, -0.25) is 0 Å². The molecule has 0 spiro atoms. The molecule has 1 saturated heterocycles. The lowest BCUT2D eigenvalue weighted by Gasteiger charge is -2.14. The highest BCUT2D eigenvalue weighted by atomic mass is 79.9. The fourth-order valence-corrected chi connectivity index (χ4v) is 5.60. The van der Waals surface area contributed by atoms with Gasteiger partial charge in [-0.15, -0.1) is 0 Å². The second kappa shape index (κ2) is 6.09. The van der Waals surface area contributed by atoms with Gasteiger partial charge in [0.25, 0.3) is 0 Å². The molecule has 0 radical (unpaired) electrons. The van der Waals surface area contributed by atoms with E-state index in [1.807, 2.05) is 0 Å². The van der Waals surface area contributed by atoms with E-state index in [9.17, 15) is 8.42 Å². The lowest BCUT2D eigenvalue weighted by molar-refractivity contribution is 0.114. The van der Waals surface area contributed by atoms with Crippen LogP contribution in [0.1, 0.15) is 12.8 Å². The van der Waals surface area contributed by atoms with Crippen LogP contribution in [0.2, 0.25) is 0 Å². The highest BCUT2D eigenvalue weighted by molar-refractivity contribution is 9.11. The summed E-state index contributed by atoms with van der Waals surface area (Å²) in [5, 5.41) is 0. The van der Waals surface area contributed by atoms with Gasteiger partial charge in [0.1, 0.15) is 4.90 Å². The van der Waals surface area contributed by atoms with Crippen molar-refractivity contribution in [1.82, 2.24) is 4.72 Å². The highest BCUT2D eigenvalue weighted by Gasteiger charge is 2.24. The van der Waals surface area contributed by atoms with Crippen molar-refractivity contribution in [2.24, 2.45) is 0 Å². The van der Waals surface area contributed by atoms with Crippen LogP contribution in [0.5, 0.6) is 0 Å². The Kier molecular flexibility index (Phi) is 4.88. The van der Waals surface area contributed by atoms with Crippen LogP contribution in [0.4, 0.5) is 5.69 Å². The van der Waals surface area contributed by atoms with E-state index in [4.69, 9.17) is 10.5 Å². The van der Waals surface area contributed by atoms with Gasteiger partial charge < -0.3 is 10.5 Å². The molecular formula is C11H14Br2N2O3S. The van der Waals surface area contributed by atoms with Crippen LogP contribution in [0.15, 0.2) is 26.0 Å². The van der Waals surface area contributed by atoms with Gasteiger partial charge in [0.2, 0.25) is 10.0 Å². The molecular weight excluding hydrogens is 400 g/mol. The number of halogens is 2. The second-order valence-electron chi connectivity index (χ2n) is 4.30. The van der Waals surface area contributed by atoms with E-state index in [1.54, 1.807) is 12.1 Å². The monoisotopic (exact) mass is 412 g/mol. The SMILES string of the molecule is Nc1cc(Br)c(S(=O)(=O)NCC2CCCO2)c(Br)c1. The summed E-state index contributed by atoms with van der Waals surface area (Å²) in [6.07, 6.45) is 1.81. The Labute approximate surface area is 129 Å². The van der Waals surface area contributed by atoms with Gasteiger partial charge in [0.05, 0.1) is 6.10 Å². The minimum absolute atomic E-state index is 0.0406. The van der Waals surface area contributed by atoms with Crippen LogP contribution >= 0.6 is 31.9 Å². The number of anilines is 1. The standard InChI is InChI=1S/C11H14Br2N2O3S/c12-9-4-7(14)5-10(13)11(9)19(16,17)15-6-8-2-1-3-18-8/h4-5,8,15H,1-3,6,14H2. The molecule has 0 saturated carbocycles. The summed E-state index contributed by atoms with van der Waals surface area (Å²) in [5.41, 5.74) is 6.13. The Morgan fingerprint density at radius 2 is 2.00 bits per heavy atom. The number of ether oxygens (including phenoxy) is 1. The smallest absolute Gasteiger partial charge is 0.242 e. The van der Waals surface area contributed by atoms with Crippen LogP contribution in [0.3, 0.4) is 0 Å². The number of nitrogens with one attached hydrogen (secondary N) is 1. The van der Waals surface area contributed by atoms with E-state index in [0.29, 0.717) is 21.2 Å². The number of hydrogen-bond donors (Lipinski definition) is 2. The van der Waals surface area contributed by atoms with Gasteiger partial charge in [-0.2, -0.15) is 0 Å². The van der Waals surface area contributed by atoms with Crippen molar-refractivity contribution < 1.29 is 13.2 Å². The Bertz CT molecular complexity index is 548. The van der Waals surface area contributed by atoms with Crippen LogP contribution < -0.4 is 10.5 Å². The minimum Gasteiger partial charge on any atom is -0.399 e. The molecule has 0 amide bonds. The van der Waals surface area contributed by atoms with Gasteiger partial charge in [-0.05, 0) is 56.8 Å². The van der Waals surface area contributed by atoms with E-state index >= 15 is 0 Å². The maximum atomic E-state index is 12.3. The zero-order valence-electron chi connectivity index (χ0n) is 10.0. The first-order valence-corrected chi connectivity index (χ1v) is 8.83. The summed E-state index contributed by atoms with van der Waals surface area (Å²) in [7, 11) is -3.61. The third kappa shape index (κ3) is 3.69. The predicted molar refractivity (Wildman–Crippen MR) is 80.4 cm³/mol. The molecule has 0 aromatic heterocycles. The van der Waals surface area contributed by atoms with Crippen molar-refractivity contribution in [3.8, 4) is 0 Å². The maximum absolute atomic E-state index is 12.3. The molecule has 1 aromatic rings. The summed E-state index contributed by atoms with van der Waals surface area (Å²) < 4.78 is 33.4. The van der Waals surface area contributed by atoms with E-state index in [1.165, 1.54) is 0 Å². The third-order valence-electron chi connectivity index (χ3n) is 2.81. The molecule has 1 aromatic carbocycles. The molecule has 1 aliphatic rings. The molecule has 1 heterocycles.